The summed E-state index contributed by atoms with van der Waals surface area (Å²) >= 11 is 0. The quantitative estimate of drug-likeness (QED) is 0.661. The Balaban J connectivity index is 2.07. The number of nitrogens with one attached hydrogen (secondary N) is 1. The molecule has 0 aromatic heterocycles. The monoisotopic (exact) mass is 381 g/mol. The summed E-state index contributed by atoms with van der Waals surface area (Å²) in [6, 6.07) is 19.9. The number of amides is 1. The van der Waals surface area contributed by atoms with E-state index in [1.807, 2.05) is 81.5 Å². The molecule has 2 atom stereocenters. The average Bonchev–Trinajstić information content (AvgIpc) is 2.65. The van der Waals surface area contributed by atoms with Crippen molar-refractivity contribution in [2.75, 3.05) is 6.61 Å². The Labute approximate surface area is 168 Å². The smallest absolute Gasteiger partial charge is 0.408 e. The van der Waals surface area contributed by atoms with Crippen molar-refractivity contribution >= 4 is 6.09 Å². The molecule has 0 aliphatic heterocycles. The molecule has 150 valence electrons. The Morgan fingerprint density at radius 2 is 1.50 bits per heavy atom. The van der Waals surface area contributed by atoms with Gasteiger partial charge in [0.05, 0.1) is 6.04 Å². The fourth-order valence-corrected chi connectivity index (χ4v) is 2.90. The second-order valence-corrected chi connectivity index (χ2v) is 7.96. The van der Waals surface area contributed by atoms with Crippen LogP contribution < -0.4 is 5.32 Å². The van der Waals surface area contributed by atoms with Gasteiger partial charge in [0.15, 0.2) is 0 Å². The molecule has 0 heterocycles. The standard InChI is InChI=1S/C24H31NO3/c1-24(2,3)28-23(27)25-22(17-20-12-8-5-9-13-20)15-14-21(18-26)16-19-10-6-4-7-11-19/h4-15,21-22,26H,16-18H2,1-3H3,(H,25,27)/b15-14+/t21-,22+/m0/s1. The highest BCUT2D eigenvalue weighted by atomic mass is 16.6. The summed E-state index contributed by atoms with van der Waals surface area (Å²) in [7, 11) is 0. The first kappa shape index (κ1) is 21.7. The van der Waals surface area contributed by atoms with E-state index in [9.17, 15) is 9.90 Å². The normalized spacial score (nSPS) is 13.9. The van der Waals surface area contributed by atoms with Gasteiger partial charge in [-0.2, -0.15) is 0 Å². The third kappa shape index (κ3) is 8.40. The summed E-state index contributed by atoms with van der Waals surface area (Å²) in [5.74, 6) is -0.0129. The number of ether oxygens (including phenoxy) is 1. The van der Waals surface area contributed by atoms with Crippen molar-refractivity contribution < 1.29 is 14.6 Å². The van der Waals surface area contributed by atoms with Crippen molar-refractivity contribution in [3.05, 3.63) is 83.9 Å². The molecule has 0 radical (unpaired) electrons. The molecule has 28 heavy (non-hydrogen) atoms. The fraction of sp³-hybridized carbons (Fsp3) is 0.375. The second-order valence-electron chi connectivity index (χ2n) is 7.96. The van der Waals surface area contributed by atoms with Crippen LogP contribution in [0.5, 0.6) is 0 Å². The van der Waals surface area contributed by atoms with Crippen LogP contribution >= 0.6 is 0 Å². The predicted molar refractivity (Wildman–Crippen MR) is 113 cm³/mol. The minimum absolute atomic E-state index is 0.0129. The Hall–Kier alpha value is -2.59. The van der Waals surface area contributed by atoms with Crippen molar-refractivity contribution in [1.29, 1.82) is 0 Å². The van der Waals surface area contributed by atoms with E-state index < -0.39 is 11.7 Å². The van der Waals surface area contributed by atoms with Gasteiger partial charge in [0.25, 0.3) is 0 Å². The van der Waals surface area contributed by atoms with Crippen LogP contribution in [-0.4, -0.2) is 29.4 Å². The van der Waals surface area contributed by atoms with Crippen molar-refractivity contribution in [2.45, 2.75) is 45.3 Å². The summed E-state index contributed by atoms with van der Waals surface area (Å²) < 4.78 is 5.40. The van der Waals surface area contributed by atoms with Gasteiger partial charge in [-0.25, -0.2) is 4.79 Å². The molecule has 0 aliphatic rings. The topological polar surface area (TPSA) is 58.6 Å². The molecule has 1 amide bonds. The lowest BCUT2D eigenvalue weighted by molar-refractivity contribution is 0.0514. The zero-order valence-electron chi connectivity index (χ0n) is 17.0. The first-order chi connectivity index (χ1) is 13.4. The molecule has 2 aromatic rings. The zero-order valence-corrected chi connectivity index (χ0v) is 17.0. The van der Waals surface area contributed by atoms with Gasteiger partial charge < -0.3 is 15.2 Å². The molecular weight excluding hydrogens is 350 g/mol. The third-order valence-corrected chi connectivity index (χ3v) is 4.19. The minimum atomic E-state index is -0.550. The Morgan fingerprint density at radius 1 is 0.964 bits per heavy atom. The first-order valence-electron chi connectivity index (χ1n) is 9.72. The maximum Gasteiger partial charge on any atom is 0.408 e. The highest BCUT2D eigenvalue weighted by Gasteiger charge is 2.19. The summed E-state index contributed by atoms with van der Waals surface area (Å²) in [5, 5.41) is 12.7. The van der Waals surface area contributed by atoms with Crippen molar-refractivity contribution in [2.24, 2.45) is 5.92 Å². The van der Waals surface area contributed by atoms with Crippen LogP contribution in [-0.2, 0) is 17.6 Å². The van der Waals surface area contributed by atoms with E-state index >= 15 is 0 Å². The van der Waals surface area contributed by atoms with Gasteiger partial charge in [-0.3, -0.25) is 0 Å². The van der Waals surface area contributed by atoms with Gasteiger partial charge in [-0.1, -0.05) is 72.8 Å². The largest absolute Gasteiger partial charge is 0.444 e. The summed E-state index contributed by atoms with van der Waals surface area (Å²) in [5.41, 5.74) is 1.74. The lowest BCUT2D eigenvalue weighted by atomic mass is 9.97. The number of alkyl carbamates (subject to hydrolysis) is 1. The van der Waals surface area contributed by atoms with E-state index in [0.717, 1.165) is 12.0 Å². The number of rotatable bonds is 8. The van der Waals surface area contributed by atoms with Gasteiger partial charge in [0.1, 0.15) is 5.60 Å². The highest BCUT2D eigenvalue weighted by molar-refractivity contribution is 5.68. The van der Waals surface area contributed by atoms with Crippen LogP contribution in [0.4, 0.5) is 4.79 Å². The molecule has 0 bridgehead atoms. The Morgan fingerprint density at radius 3 is 2.00 bits per heavy atom. The van der Waals surface area contributed by atoms with E-state index in [1.165, 1.54) is 5.56 Å². The van der Waals surface area contributed by atoms with Crippen LogP contribution in [0.15, 0.2) is 72.8 Å². The molecule has 0 saturated carbocycles. The van der Waals surface area contributed by atoms with E-state index in [1.54, 1.807) is 0 Å². The summed E-state index contributed by atoms with van der Waals surface area (Å²) in [4.78, 5) is 12.2. The number of benzene rings is 2. The molecule has 2 rings (SSSR count). The molecule has 2 N–H and O–H groups in total. The SMILES string of the molecule is CC(C)(C)OC(=O)N[C@H](/C=C/[C@H](CO)Cc1ccccc1)Cc1ccccc1. The van der Waals surface area contributed by atoms with Crippen molar-refractivity contribution in [3.63, 3.8) is 0 Å². The van der Waals surface area contributed by atoms with Gasteiger partial charge in [0.2, 0.25) is 0 Å². The first-order valence-corrected chi connectivity index (χ1v) is 9.72. The van der Waals surface area contributed by atoms with E-state index in [4.69, 9.17) is 4.74 Å². The number of hydrogen-bond acceptors (Lipinski definition) is 3. The van der Waals surface area contributed by atoms with Crippen LogP contribution in [0.3, 0.4) is 0 Å². The van der Waals surface area contributed by atoms with Crippen LogP contribution in [0.2, 0.25) is 0 Å². The van der Waals surface area contributed by atoms with Gasteiger partial charge >= 0.3 is 6.09 Å². The summed E-state index contributed by atoms with van der Waals surface area (Å²) in [6.45, 7) is 5.58. The van der Waals surface area contributed by atoms with Crippen LogP contribution in [0.1, 0.15) is 31.9 Å². The second kappa shape index (κ2) is 10.7. The van der Waals surface area contributed by atoms with E-state index in [2.05, 4.69) is 17.4 Å². The van der Waals surface area contributed by atoms with Gasteiger partial charge in [-0.05, 0) is 44.7 Å². The Kier molecular flexibility index (Phi) is 8.27. The van der Waals surface area contributed by atoms with Gasteiger partial charge in [-0.15, -0.1) is 0 Å². The van der Waals surface area contributed by atoms with Crippen molar-refractivity contribution in [1.82, 2.24) is 5.32 Å². The minimum Gasteiger partial charge on any atom is -0.444 e. The van der Waals surface area contributed by atoms with E-state index in [0.29, 0.717) is 6.42 Å². The third-order valence-electron chi connectivity index (χ3n) is 4.19. The molecule has 0 saturated heterocycles. The molecule has 0 aliphatic carbocycles. The van der Waals surface area contributed by atoms with Gasteiger partial charge in [0, 0.05) is 12.5 Å². The number of aliphatic hydroxyl groups is 1. The zero-order chi connectivity index (χ0) is 20.4. The predicted octanol–water partition coefficient (Wildman–Crippen LogP) is 4.53. The number of carbonyl (C=O) groups is 1. The molecule has 2 aromatic carbocycles. The van der Waals surface area contributed by atoms with Crippen LogP contribution in [0.25, 0.3) is 0 Å². The molecule has 0 spiro atoms. The van der Waals surface area contributed by atoms with E-state index in [-0.39, 0.29) is 18.6 Å². The lowest BCUT2D eigenvalue weighted by Crippen LogP contribution is -2.39. The molecule has 4 nitrogen and oxygen atoms in total. The molecule has 0 unspecified atom stereocenters. The highest BCUT2D eigenvalue weighted by Crippen LogP contribution is 2.13. The maximum atomic E-state index is 12.2. The fourth-order valence-electron chi connectivity index (χ4n) is 2.90. The number of carbonyl (C=O) groups excluding carboxylic acids is 1. The number of hydrogen-bond donors (Lipinski definition) is 2. The summed E-state index contributed by atoms with van der Waals surface area (Å²) in [6.07, 6.45) is 4.90. The average molecular weight is 382 g/mol. The molecule has 4 heteroatoms. The maximum absolute atomic E-state index is 12.2. The molecule has 0 fully saturated rings. The van der Waals surface area contributed by atoms with Crippen molar-refractivity contribution in [3.8, 4) is 0 Å². The Bertz CT molecular complexity index is 735. The number of aliphatic hydroxyl groups excluding tert-OH is 1. The molecular formula is C24H31NO3. The lowest BCUT2D eigenvalue weighted by Gasteiger charge is -2.22. The van der Waals surface area contributed by atoms with Crippen LogP contribution in [0, 0.1) is 5.92 Å².